The molecule has 0 spiro atoms. The van der Waals surface area contributed by atoms with E-state index in [-0.39, 0.29) is 12.1 Å². The smallest absolute Gasteiger partial charge is 0.410 e. The van der Waals surface area contributed by atoms with E-state index in [1.165, 1.54) is 7.11 Å². The highest BCUT2D eigenvalue weighted by atomic mass is 16.6. The lowest BCUT2D eigenvalue weighted by Gasteiger charge is -2.39. The largest absolute Gasteiger partial charge is 0.469 e. The number of nitriles is 1. The lowest BCUT2D eigenvalue weighted by Crippen LogP contribution is -2.48. The summed E-state index contributed by atoms with van der Waals surface area (Å²) in [4.78, 5) is 25.7. The first kappa shape index (κ1) is 17.3. The van der Waals surface area contributed by atoms with Crippen LogP contribution in [0.25, 0.3) is 0 Å². The molecule has 6 heteroatoms. The summed E-state index contributed by atoms with van der Waals surface area (Å²) in [6.45, 7) is 6.34. The first-order valence-corrected chi connectivity index (χ1v) is 7.17. The van der Waals surface area contributed by atoms with Crippen molar-refractivity contribution in [3.8, 4) is 6.07 Å². The van der Waals surface area contributed by atoms with E-state index in [4.69, 9.17) is 14.7 Å². The van der Waals surface area contributed by atoms with Crippen molar-refractivity contribution in [3.63, 3.8) is 0 Å². The standard InChI is InChI=1S/C15H24N2O4/c1-14(2,3)21-13(19)17-10-7-15(8-11-17,6-5-9-16)12(18)20-4/h5-8,10-11H2,1-4H3. The molecule has 1 fully saturated rings. The zero-order valence-electron chi connectivity index (χ0n) is 13.3. The summed E-state index contributed by atoms with van der Waals surface area (Å²) in [5.41, 5.74) is -1.18. The summed E-state index contributed by atoms with van der Waals surface area (Å²) < 4.78 is 10.2. The van der Waals surface area contributed by atoms with Gasteiger partial charge in [0, 0.05) is 19.5 Å². The van der Waals surface area contributed by atoms with Gasteiger partial charge in [0.2, 0.25) is 0 Å². The van der Waals surface area contributed by atoms with Crippen LogP contribution >= 0.6 is 0 Å². The second-order valence-electron chi connectivity index (χ2n) is 6.40. The molecule has 1 aliphatic rings. The molecule has 21 heavy (non-hydrogen) atoms. The number of ether oxygens (including phenoxy) is 2. The number of hydrogen-bond acceptors (Lipinski definition) is 5. The van der Waals surface area contributed by atoms with Crippen LogP contribution in [0, 0.1) is 16.7 Å². The normalized spacial score (nSPS) is 17.8. The lowest BCUT2D eigenvalue weighted by atomic mass is 9.75. The Morgan fingerprint density at radius 2 is 1.86 bits per heavy atom. The molecule has 0 aliphatic carbocycles. The van der Waals surface area contributed by atoms with Gasteiger partial charge in [-0.25, -0.2) is 4.79 Å². The molecular formula is C15H24N2O4. The Kier molecular flexibility index (Phi) is 5.59. The molecule has 0 aromatic heterocycles. The Hall–Kier alpha value is -1.77. The van der Waals surface area contributed by atoms with E-state index in [1.54, 1.807) is 4.90 Å². The zero-order valence-corrected chi connectivity index (χ0v) is 13.3. The third-order valence-corrected chi connectivity index (χ3v) is 3.71. The van der Waals surface area contributed by atoms with Gasteiger partial charge in [0.15, 0.2) is 0 Å². The summed E-state index contributed by atoms with van der Waals surface area (Å²) in [7, 11) is 1.36. The summed E-state index contributed by atoms with van der Waals surface area (Å²) in [6, 6.07) is 2.07. The van der Waals surface area contributed by atoms with E-state index >= 15 is 0 Å². The van der Waals surface area contributed by atoms with Gasteiger partial charge in [-0.1, -0.05) is 0 Å². The minimum absolute atomic E-state index is 0.290. The second kappa shape index (κ2) is 6.79. The molecule has 1 aliphatic heterocycles. The van der Waals surface area contributed by atoms with Crippen LogP contribution in [0.5, 0.6) is 0 Å². The number of nitrogens with zero attached hydrogens (tertiary/aromatic N) is 2. The van der Waals surface area contributed by atoms with Crippen LogP contribution in [-0.2, 0) is 14.3 Å². The SMILES string of the molecule is COC(=O)C1(CCC#N)CCN(C(=O)OC(C)(C)C)CC1. The van der Waals surface area contributed by atoms with E-state index in [9.17, 15) is 9.59 Å². The van der Waals surface area contributed by atoms with Gasteiger partial charge < -0.3 is 14.4 Å². The number of likely N-dealkylation sites (tertiary alicyclic amines) is 1. The molecule has 1 saturated heterocycles. The highest BCUT2D eigenvalue weighted by molar-refractivity contribution is 5.77. The Morgan fingerprint density at radius 3 is 2.29 bits per heavy atom. The number of rotatable bonds is 3. The van der Waals surface area contributed by atoms with Gasteiger partial charge >= 0.3 is 12.1 Å². The maximum Gasteiger partial charge on any atom is 0.410 e. The summed E-state index contributed by atoms with van der Waals surface area (Å²) in [5, 5.41) is 8.75. The first-order valence-electron chi connectivity index (χ1n) is 7.17. The maximum absolute atomic E-state index is 12.0. The van der Waals surface area contributed by atoms with Crippen LogP contribution in [0.4, 0.5) is 4.79 Å². The predicted molar refractivity (Wildman–Crippen MR) is 76.3 cm³/mol. The second-order valence-corrected chi connectivity index (χ2v) is 6.40. The van der Waals surface area contributed by atoms with Gasteiger partial charge in [0.1, 0.15) is 5.60 Å². The number of methoxy groups -OCH3 is 1. The number of piperidine rings is 1. The Labute approximate surface area is 126 Å². The highest BCUT2D eigenvalue weighted by Crippen LogP contribution is 2.37. The molecule has 0 aromatic carbocycles. The van der Waals surface area contributed by atoms with Crippen LogP contribution in [-0.4, -0.2) is 42.8 Å². The van der Waals surface area contributed by atoms with Crippen LogP contribution in [0.3, 0.4) is 0 Å². The van der Waals surface area contributed by atoms with Crippen LogP contribution in [0.2, 0.25) is 0 Å². The molecule has 0 N–H and O–H groups in total. The lowest BCUT2D eigenvalue weighted by molar-refractivity contribution is -0.156. The number of amides is 1. The van der Waals surface area contributed by atoms with Crippen molar-refractivity contribution < 1.29 is 19.1 Å². The van der Waals surface area contributed by atoms with E-state index in [2.05, 4.69) is 6.07 Å². The number of carbonyl (C=O) groups excluding carboxylic acids is 2. The molecule has 0 unspecified atom stereocenters. The molecule has 118 valence electrons. The van der Waals surface area contributed by atoms with Crippen molar-refractivity contribution in [1.82, 2.24) is 4.90 Å². The summed E-state index contributed by atoms with van der Waals surface area (Å²) in [6.07, 6.45) is 1.42. The third-order valence-electron chi connectivity index (χ3n) is 3.71. The van der Waals surface area contributed by atoms with Gasteiger partial charge in [-0.2, -0.15) is 5.26 Å². The van der Waals surface area contributed by atoms with Gasteiger partial charge in [0.05, 0.1) is 18.6 Å². The Morgan fingerprint density at radius 1 is 1.29 bits per heavy atom. The van der Waals surface area contributed by atoms with Crippen molar-refractivity contribution in [1.29, 1.82) is 5.26 Å². The van der Waals surface area contributed by atoms with Gasteiger partial charge in [0.25, 0.3) is 0 Å². The van der Waals surface area contributed by atoms with E-state index < -0.39 is 11.0 Å². The zero-order chi connectivity index (χ0) is 16.1. The number of hydrogen-bond donors (Lipinski definition) is 0. The maximum atomic E-state index is 12.0. The topological polar surface area (TPSA) is 79.6 Å². The average Bonchev–Trinajstić information content (AvgIpc) is 2.42. The minimum atomic E-state index is -0.650. The molecule has 0 saturated carbocycles. The van der Waals surface area contributed by atoms with Crippen LogP contribution in [0.15, 0.2) is 0 Å². The number of esters is 1. The first-order chi connectivity index (χ1) is 9.74. The van der Waals surface area contributed by atoms with Gasteiger partial charge in [-0.05, 0) is 40.0 Å². The fourth-order valence-electron chi connectivity index (χ4n) is 2.51. The molecule has 6 nitrogen and oxygen atoms in total. The van der Waals surface area contributed by atoms with Crippen molar-refractivity contribution >= 4 is 12.1 Å². The third kappa shape index (κ3) is 4.62. The predicted octanol–water partition coefficient (Wildman–Crippen LogP) is 2.48. The Balaban J connectivity index is 2.68. The van der Waals surface area contributed by atoms with Crippen molar-refractivity contribution in [2.45, 2.75) is 52.1 Å². The number of carbonyl (C=O) groups is 2. The Bertz CT molecular complexity index is 426. The molecule has 0 atom stereocenters. The van der Waals surface area contributed by atoms with E-state index in [1.807, 2.05) is 20.8 Å². The summed E-state index contributed by atoms with van der Waals surface area (Å²) >= 11 is 0. The molecule has 1 heterocycles. The monoisotopic (exact) mass is 296 g/mol. The van der Waals surface area contributed by atoms with E-state index in [0.29, 0.717) is 38.8 Å². The van der Waals surface area contributed by atoms with Crippen LogP contribution in [0.1, 0.15) is 46.5 Å². The molecule has 1 amide bonds. The highest BCUT2D eigenvalue weighted by Gasteiger charge is 2.43. The molecule has 0 aromatic rings. The quantitative estimate of drug-likeness (QED) is 0.747. The average molecular weight is 296 g/mol. The molecular weight excluding hydrogens is 272 g/mol. The van der Waals surface area contributed by atoms with Crippen molar-refractivity contribution in [3.05, 3.63) is 0 Å². The van der Waals surface area contributed by atoms with Crippen molar-refractivity contribution in [2.24, 2.45) is 5.41 Å². The molecule has 1 rings (SSSR count). The minimum Gasteiger partial charge on any atom is -0.469 e. The van der Waals surface area contributed by atoms with Gasteiger partial charge in [-0.15, -0.1) is 0 Å². The van der Waals surface area contributed by atoms with Crippen LogP contribution < -0.4 is 0 Å². The molecule has 0 radical (unpaired) electrons. The fourth-order valence-corrected chi connectivity index (χ4v) is 2.51. The van der Waals surface area contributed by atoms with Crippen molar-refractivity contribution in [2.75, 3.05) is 20.2 Å². The molecule has 0 bridgehead atoms. The van der Waals surface area contributed by atoms with E-state index in [0.717, 1.165) is 0 Å². The van der Waals surface area contributed by atoms with Gasteiger partial charge in [-0.3, -0.25) is 4.79 Å². The summed E-state index contributed by atoms with van der Waals surface area (Å²) in [5.74, 6) is -0.290. The fraction of sp³-hybridized carbons (Fsp3) is 0.800.